The van der Waals surface area contributed by atoms with E-state index < -0.39 is 6.29 Å². The van der Waals surface area contributed by atoms with Crippen LogP contribution >= 0.6 is 0 Å². The van der Waals surface area contributed by atoms with E-state index in [1.807, 2.05) is 42.5 Å². The topological polar surface area (TPSA) is 36.9 Å². The molecule has 0 aromatic heterocycles. The van der Waals surface area contributed by atoms with Crippen molar-refractivity contribution in [2.75, 3.05) is 7.11 Å². The van der Waals surface area contributed by atoms with Crippen LogP contribution in [-0.2, 0) is 32.2 Å². The van der Waals surface area contributed by atoms with E-state index in [2.05, 4.69) is 37.8 Å². The molecule has 1 aliphatic rings. The first-order valence-corrected chi connectivity index (χ1v) is 10.9. The molecule has 0 aliphatic carbocycles. The van der Waals surface area contributed by atoms with Crippen molar-refractivity contribution >= 4 is 0 Å². The van der Waals surface area contributed by atoms with Crippen LogP contribution in [0.15, 0.2) is 73.3 Å². The van der Waals surface area contributed by atoms with Gasteiger partial charge in [0, 0.05) is 13.0 Å². The zero-order valence-electron chi connectivity index (χ0n) is 18.1. The zero-order valence-corrected chi connectivity index (χ0v) is 18.1. The maximum absolute atomic E-state index is 6.42. The Bertz CT molecular complexity index is 733. The van der Waals surface area contributed by atoms with Gasteiger partial charge in [-0.05, 0) is 17.5 Å². The molecular formula is C26H34O4. The standard InChI is InChI=1S/C26H34O4/c1-4-6-17-22(5-2)23-24(28-18-20-13-9-7-10-14-20)25(26(27-3)30-23)29-19-21-15-11-8-12-16-21/h5,7-16,22-26H,2,4,6,17-19H2,1,3H3/t22?,23-,24-,25-,26-/m1/s1. The molecule has 0 bridgehead atoms. The van der Waals surface area contributed by atoms with Crippen molar-refractivity contribution in [3.05, 3.63) is 84.4 Å². The summed E-state index contributed by atoms with van der Waals surface area (Å²) in [6.45, 7) is 7.25. The van der Waals surface area contributed by atoms with Crippen molar-refractivity contribution in [1.82, 2.24) is 0 Å². The summed E-state index contributed by atoms with van der Waals surface area (Å²) in [6.07, 6.45) is 4.09. The molecule has 0 amide bonds. The minimum atomic E-state index is -0.469. The van der Waals surface area contributed by atoms with Crippen LogP contribution in [0.3, 0.4) is 0 Å². The number of hydrogen-bond donors (Lipinski definition) is 0. The Labute approximate surface area is 180 Å². The summed E-state index contributed by atoms with van der Waals surface area (Å²) in [6, 6.07) is 20.4. The van der Waals surface area contributed by atoms with E-state index in [9.17, 15) is 0 Å². The Morgan fingerprint density at radius 1 is 0.933 bits per heavy atom. The summed E-state index contributed by atoms with van der Waals surface area (Å²) in [5, 5.41) is 0. The molecule has 0 radical (unpaired) electrons. The second-order valence-electron chi connectivity index (χ2n) is 7.77. The highest BCUT2D eigenvalue weighted by atomic mass is 16.7. The third-order valence-corrected chi connectivity index (χ3v) is 5.63. The van der Waals surface area contributed by atoms with Gasteiger partial charge in [-0.1, -0.05) is 86.5 Å². The number of unbranched alkanes of at least 4 members (excludes halogenated alkanes) is 1. The third-order valence-electron chi connectivity index (χ3n) is 5.63. The molecule has 30 heavy (non-hydrogen) atoms. The van der Waals surface area contributed by atoms with Gasteiger partial charge in [0.1, 0.15) is 12.2 Å². The average molecular weight is 411 g/mol. The molecule has 1 heterocycles. The first-order valence-electron chi connectivity index (χ1n) is 10.9. The predicted octanol–water partition coefficient (Wildman–Crippen LogP) is 5.52. The quantitative estimate of drug-likeness (QED) is 0.432. The summed E-state index contributed by atoms with van der Waals surface area (Å²) < 4.78 is 24.7. The van der Waals surface area contributed by atoms with Gasteiger partial charge >= 0.3 is 0 Å². The minimum absolute atomic E-state index is 0.150. The third kappa shape index (κ3) is 6.02. The van der Waals surface area contributed by atoms with Crippen molar-refractivity contribution in [2.45, 2.75) is 64.0 Å². The Morgan fingerprint density at radius 3 is 2.00 bits per heavy atom. The van der Waals surface area contributed by atoms with Gasteiger partial charge in [0.05, 0.1) is 19.3 Å². The number of ether oxygens (including phenoxy) is 4. The van der Waals surface area contributed by atoms with Gasteiger partial charge in [-0.25, -0.2) is 0 Å². The zero-order chi connectivity index (χ0) is 21.2. The lowest BCUT2D eigenvalue weighted by atomic mass is 9.91. The second-order valence-corrected chi connectivity index (χ2v) is 7.77. The fraction of sp³-hybridized carbons (Fsp3) is 0.462. The fourth-order valence-electron chi connectivity index (χ4n) is 3.94. The van der Waals surface area contributed by atoms with Crippen LogP contribution in [0.1, 0.15) is 37.3 Å². The summed E-state index contributed by atoms with van der Waals surface area (Å²) in [5.74, 6) is 0.189. The number of rotatable bonds is 12. The molecule has 162 valence electrons. The van der Waals surface area contributed by atoms with Crippen molar-refractivity contribution < 1.29 is 18.9 Å². The van der Waals surface area contributed by atoms with Gasteiger partial charge in [0.2, 0.25) is 0 Å². The van der Waals surface area contributed by atoms with Crippen LogP contribution in [0.5, 0.6) is 0 Å². The molecule has 1 unspecified atom stereocenters. The van der Waals surface area contributed by atoms with E-state index in [1.54, 1.807) is 7.11 Å². The first-order chi connectivity index (χ1) is 14.8. The van der Waals surface area contributed by atoms with Crippen LogP contribution in [0, 0.1) is 5.92 Å². The maximum Gasteiger partial charge on any atom is 0.186 e. The Hall–Kier alpha value is -1.98. The second kappa shape index (κ2) is 12.0. The SMILES string of the molecule is C=CC(CCCC)[C@H]1O[C@@H](OC)[C@H](OCc2ccccc2)[C@@H]1OCc1ccccc1. The van der Waals surface area contributed by atoms with Crippen LogP contribution < -0.4 is 0 Å². The van der Waals surface area contributed by atoms with Gasteiger partial charge in [0.15, 0.2) is 6.29 Å². The Morgan fingerprint density at radius 2 is 1.50 bits per heavy atom. The predicted molar refractivity (Wildman–Crippen MR) is 119 cm³/mol. The summed E-state index contributed by atoms with van der Waals surface area (Å²) in [4.78, 5) is 0. The lowest BCUT2D eigenvalue weighted by Crippen LogP contribution is -2.40. The number of hydrogen-bond acceptors (Lipinski definition) is 4. The maximum atomic E-state index is 6.42. The van der Waals surface area contributed by atoms with Gasteiger partial charge in [0.25, 0.3) is 0 Å². The van der Waals surface area contributed by atoms with Gasteiger partial charge in [-0.3, -0.25) is 0 Å². The monoisotopic (exact) mass is 410 g/mol. The van der Waals surface area contributed by atoms with Crippen molar-refractivity contribution in [1.29, 1.82) is 0 Å². The first kappa shape index (κ1) is 22.7. The van der Waals surface area contributed by atoms with Crippen LogP contribution in [0.2, 0.25) is 0 Å². The molecule has 0 N–H and O–H groups in total. The highest BCUT2D eigenvalue weighted by Gasteiger charge is 2.48. The molecule has 1 aliphatic heterocycles. The normalized spacial score (nSPS) is 24.6. The van der Waals surface area contributed by atoms with E-state index in [4.69, 9.17) is 18.9 Å². The summed E-state index contributed by atoms with van der Waals surface area (Å²) in [5.41, 5.74) is 2.24. The highest BCUT2D eigenvalue weighted by molar-refractivity contribution is 5.14. The fourth-order valence-corrected chi connectivity index (χ4v) is 3.94. The largest absolute Gasteiger partial charge is 0.368 e. The van der Waals surface area contributed by atoms with Crippen LogP contribution in [0.4, 0.5) is 0 Å². The summed E-state index contributed by atoms with van der Waals surface area (Å²) in [7, 11) is 1.66. The number of methoxy groups -OCH3 is 1. The smallest absolute Gasteiger partial charge is 0.186 e. The van der Waals surface area contributed by atoms with Gasteiger partial charge in [-0.15, -0.1) is 6.58 Å². The van der Waals surface area contributed by atoms with Gasteiger partial charge in [-0.2, -0.15) is 0 Å². The molecular weight excluding hydrogens is 376 g/mol. The van der Waals surface area contributed by atoms with E-state index in [1.165, 1.54) is 0 Å². The van der Waals surface area contributed by atoms with Crippen molar-refractivity contribution in [2.24, 2.45) is 5.92 Å². The molecule has 2 aromatic carbocycles. The molecule has 2 aromatic rings. The summed E-state index contributed by atoms with van der Waals surface area (Å²) >= 11 is 0. The van der Waals surface area contributed by atoms with Gasteiger partial charge < -0.3 is 18.9 Å². The average Bonchev–Trinajstić information content (AvgIpc) is 3.15. The lowest BCUT2D eigenvalue weighted by molar-refractivity contribution is -0.169. The molecule has 1 saturated heterocycles. The van der Waals surface area contributed by atoms with E-state index in [0.717, 1.165) is 30.4 Å². The molecule has 4 heteroatoms. The van der Waals surface area contributed by atoms with E-state index in [-0.39, 0.29) is 24.2 Å². The highest BCUT2D eigenvalue weighted by Crippen LogP contribution is 2.35. The van der Waals surface area contributed by atoms with E-state index in [0.29, 0.717) is 13.2 Å². The Kier molecular flexibility index (Phi) is 9.09. The lowest BCUT2D eigenvalue weighted by Gasteiger charge is -2.27. The van der Waals surface area contributed by atoms with E-state index >= 15 is 0 Å². The molecule has 5 atom stereocenters. The van der Waals surface area contributed by atoms with Crippen LogP contribution in [0.25, 0.3) is 0 Å². The van der Waals surface area contributed by atoms with Crippen molar-refractivity contribution in [3.8, 4) is 0 Å². The number of benzene rings is 2. The molecule has 0 spiro atoms. The molecule has 1 fully saturated rings. The molecule has 0 saturated carbocycles. The minimum Gasteiger partial charge on any atom is -0.368 e. The van der Waals surface area contributed by atoms with Crippen LogP contribution in [-0.4, -0.2) is 31.7 Å². The Balaban J connectivity index is 1.77. The molecule has 4 nitrogen and oxygen atoms in total. The molecule has 3 rings (SSSR count). The van der Waals surface area contributed by atoms with Crippen molar-refractivity contribution in [3.63, 3.8) is 0 Å².